The Kier molecular flexibility index (Phi) is 5.82. The third-order valence-electron chi connectivity index (χ3n) is 6.84. The van der Waals surface area contributed by atoms with Gasteiger partial charge < -0.3 is 20.7 Å². The lowest BCUT2D eigenvalue weighted by atomic mass is 9.46. The van der Waals surface area contributed by atoms with Crippen LogP contribution < -0.4 is 11.1 Å². The molecule has 4 aliphatic rings. The maximum atomic E-state index is 11.2. The van der Waals surface area contributed by atoms with Crippen molar-refractivity contribution in [1.82, 2.24) is 10.2 Å². The summed E-state index contributed by atoms with van der Waals surface area (Å²) in [4.78, 5) is 18.1. The lowest BCUT2D eigenvalue weighted by Gasteiger charge is -2.63. The van der Waals surface area contributed by atoms with E-state index in [1.54, 1.807) is 0 Å². The van der Waals surface area contributed by atoms with Crippen LogP contribution in [0, 0.1) is 17.3 Å². The van der Waals surface area contributed by atoms with E-state index in [9.17, 15) is 4.79 Å². The molecule has 4 unspecified atom stereocenters. The fourth-order valence-corrected chi connectivity index (χ4v) is 5.60. The number of likely N-dealkylation sites (tertiary alicyclic amines) is 1. The number of primary amides is 1. The van der Waals surface area contributed by atoms with Crippen molar-refractivity contribution in [3.8, 4) is 0 Å². The second kappa shape index (κ2) is 7.58. The molecule has 0 radical (unpaired) electrons. The van der Waals surface area contributed by atoms with E-state index in [1.807, 2.05) is 7.05 Å². The summed E-state index contributed by atoms with van der Waals surface area (Å²) in [5.74, 6) is 1.82. The van der Waals surface area contributed by atoms with Gasteiger partial charge in [-0.3, -0.25) is 9.79 Å². The molecular weight excluding hydrogens is 431 g/mol. The second-order valence-corrected chi connectivity index (χ2v) is 8.12. The van der Waals surface area contributed by atoms with Gasteiger partial charge in [-0.05, 0) is 38.0 Å². The highest BCUT2D eigenvalue weighted by molar-refractivity contribution is 14.0. The molecule has 6 nitrogen and oxygen atoms in total. The topological polar surface area (TPSA) is 80.0 Å². The van der Waals surface area contributed by atoms with E-state index < -0.39 is 0 Å². The first-order valence-electron chi connectivity index (χ1n) is 9.52. The third kappa shape index (κ3) is 3.26. The van der Waals surface area contributed by atoms with E-state index in [2.05, 4.69) is 15.2 Å². The smallest absolute Gasteiger partial charge is 0.217 e. The van der Waals surface area contributed by atoms with Crippen LogP contribution in [-0.2, 0) is 9.53 Å². The van der Waals surface area contributed by atoms with Crippen LogP contribution in [0.25, 0.3) is 0 Å². The Labute approximate surface area is 167 Å². The number of halogens is 1. The van der Waals surface area contributed by atoms with Gasteiger partial charge in [-0.2, -0.15) is 0 Å². The Balaban J connectivity index is 0.00000182. The molecule has 4 fully saturated rings. The second-order valence-electron chi connectivity index (χ2n) is 8.12. The predicted octanol–water partition coefficient (Wildman–Crippen LogP) is 1.72. The number of carbonyl (C=O) groups is 1. The molecule has 0 bridgehead atoms. The number of piperidine rings is 1. The Bertz CT molecular complexity index is 537. The zero-order valence-electron chi connectivity index (χ0n) is 15.1. The highest BCUT2D eigenvalue weighted by Gasteiger charge is 2.66. The van der Waals surface area contributed by atoms with Gasteiger partial charge in [0, 0.05) is 50.5 Å². The van der Waals surface area contributed by atoms with Crippen molar-refractivity contribution in [3.63, 3.8) is 0 Å². The summed E-state index contributed by atoms with van der Waals surface area (Å²) in [5.41, 5.74) is 5.75. The molecule has 4 rings (SSSR count). The number of aliphatic imine (C=N–C) groups is 1. The molecule has 0 aromatic rings. The minimum absolute atomic E-state index is 0. The normalized spacial score (nSPS) is 36.0. The average molecular weight is 462 g/mol. The van der Waals surface area contributed by atoms with E-state index in [0.29, 0.717) is 35.8 Å². The lowest BCUT2D eigenvalue weighted by molar-refractivity contribution is -0.171. The van der Waals surface area contributed by atoms with Crippen LogP contribution in [0.4, 0.5) is 0 Å². The number of ether oxygens (including phenoxy) is 1. The third-order valence-corrected chi connectivity index (χ3v) is 6.84. The highest BCUT2D eigenvalue weighted by atomic mass is 127. The minimum atomic E-state index is -0.192. The zero-order chi connectivity index (χ0) is 16.7. The molecule has 2 heterocycles. The van der Waals surface area contributed by atoms with Gasteiger partial charge in [0.1, 0.15) is 0 Å². The van der Waals surface area contributed by atoms with Crippen molar-refractivity contribution in [2.45, 2.75) is 57.1 Å². The molecule has 4 atom stereocenters. The van der Waals surface area contributed by atoms with Crippen LogP contribution in [0.1, 0.15) is 44.9 Å². The lowest BCUT2D eigenvalue weighted by Crippen LogP contribution is -2.72. The van der Waals surface area contributed by atoms with Gasteiger partial charge in [0.05, 0.1) is 6.10 Å². The quantitative estimate of drug-likeness (QED) is 0.381. The van der Waals surface area contributed by atoms with Gasteiger partial charge >= 0.3 is 0 Å². The van der Waals surface area contributed by atoms with Gasteiger partial charge in [-0.15, -0.1) is 24.0 Å². The summed E-state index contributed by atoms with van der Waals surface area (Å²) in [5, 5.41) is 3.79. The molecule has 2 saturated carbocycles. The van der Waals surface area contributed by atoms with E-state index >= 15 is 0 Å². The molecule has 2 saturated heterocycles. The summed E-state index contributed by atoms with van der Waals surface area (Å²) < 4.78 is 6.02. The average Bonchev–Trinajstić information content (AvgIpc) is 2.91. The van der Waals surface area contributed by atoms with Crippen LogP contribution in [0.5, 0.6) is 0 Å². The SMILES string of the molecule is CN=C(NC1C2CCOC2C12CCC2)N1CCCC(CC(N)=O)C1.I. The molecule has 1 amide bonds. The molecule has 2 aliphatic carbocycles. The first kappa shape index (κ1) is 19.2. The highest BCUT2D eigenvalue weighted by Crippen LogP contribution is 2.62. The van der Waals surface area contributed by atoms with Gasteiger partial charge in [0.25, 0.3) is 0 Å². The van der Waals surface area contributed by atoms with Crippen LogP contribution in [0.3, 0.4) is 0 Å². The molecule has 1 spiro atoms. The molecule has 3 N–H and O–H groups in total. The molecule has 142 valence electrons. The largest absolute Gasteiger partial charge is 0.377 e. The monoisotopic (exact) mass is 462 g/mol. The van der Waals surface area contributed by atoms with E-state index in [1.165, 1.54) is 25.7 Å². The Morgan fingerprint density at radius 3 is 2.80 bits per heavy atom. The Morgan fingerprint density at radius 2 is 2.16 bits per heavy atom. The molecule has 0 aromatic carbocycles. The van der Waals surface area contributed by atoms with Crippen molar-refractivity contribution in [3.05, 3.63) is 0 Å². The van der Waals surface area contributed by atoms with Crippen LogP contribution in [-0.4, -0.2) is 55.7 Å². The number of nitrogens with one attached hydrogen (secondary N) is 1. The molecule has 0 aromatic heterocycles. The van der Waals surface area contributed by atoms with Crippen LogP contribution in [0.15, 0.2) is 4.99 Å². The summed E-state index contributed by atoms with van der Waals surface area (Å²) in [7, 11) is 1.87. The van der Waals surface area contributed by atoms with Gasteiger partial charge in [-0.25, -0.2) is 0 Å². The fraction of sp³-hybridized carbons (Fsp3) is 0.889. The van der Waals surface area contributed by atoms with Crippen LogP contribution >= 0.6 is 24.0 Å². The predicted molar refractivity (Wildman–Crippen MR) is 108 cm³/mol. The Morgan fingerprint density at radius 1 is 1.36 bits per heavy atom. The minimum Gasteiger partial charge on any atom is -0.377 e. The summed E-state index contributed by atoms with van der Waals surface area (Å²) >= 11 is 0. The summed E-state index contributed by atoms with van der Waals surface area (Å²) in [6.45, 7) is 2.81. The zero-order valence-corrected chi connectivity index (χ0v) is 17.4. The Hall–Kier alpha value is -0.570. The fourth-order valence-electron chi connectivity index (χ4n) is 5.60. The maximum absolute atomic E-state index is 11.2. The first-order valence-corrected chi connectivity index (χ1v) is 9.52. The molecule has 25 heavy (non-hydrogen) atoms. The number of hydrogen-bond donors (Lipinski definition) is 2. The standard InChI is InChI=1S/C18H30N4O2.HI/c1-20-17(22-8-2-4-12(11-22)10-14(19)23)21-15-13-5-9-24-16(13)18(15)6-3-7-18;/h12-13,15-16H,2-11H2,1H3,(H2,19,23)(H,20,21);1H. The molecular formula is C18H31IN4O2. The summed E-state index contributed by atoms with van der Waals surface area (Å²) in [6.07, 6.45) is 8.22. The van der Waals surface area contributed by atoms with E-state index in [0.717, 1.165) is 38.5 Å². The van der Waals surface area contributed by atoms with Gasteiger partial charge in [0.2, 0.25) is 5.91 Å². The first-order chi connectivity index (χ1) is 11.6. The van der Waals surface area contributed by atoms with E-state index in [-0.39, 0.29) is 29.9 Å². The van der Waals surface area contributed by atoms with E-state index in [4.69, 9.17) is 10.5 Å². The number of rotatable bonds is 3. The van der Waals surface area contributed by atoms with Crippen molar-refractivity contribution in [2.75, 3.05) is 26.7 Å². The number of nitrogens with zero attached hydrogens (tertiary/aromatic N) is 2. The number of fused-ring (bicyclic) bond motifs is 2. The molecule has 7 heteroatoms. The van der Waals surface area contributed by atoms with Gasteiger partial charge in [0.15, 0.2) is 5.96 Å². The van der Waals surface area contributed by atoms with Crippen molar-refractivity contribution in [2.24, 2.45) is 28.0 Å². The van der Waals surface area contributed by atoms with Crippen LogP contribution in [0.2, 0.25) is 0 Å². The van der Waals surface area contributed by atoms with Crippen molar-refractivity contribution in [1.29, 1.82) is 0 Å². The van der Waals surface area contributed by atoms with Crippen molar-refractivity contribution >= 4 is 35.8 Å². The van der Waals surface area contributed by atoms with Gasteiger partial charge in [-0.1, -0.05) is 6.42 Å². The number of amides is 1. The number of hydrogen-bond acceptors (Lipinski definition) is 3. The van der Waals surface area contributed by atoms with Crippen molar-refractivity contribution < 1.29 is 9.53 Å². The summed E-state index contributed by atoms with van der Waals surface area (Å²) in [6, 6.07) is 0.508. The number of nitrogens with two attached hydrogens (primary N) is 1. The molecule has 2 aliphatic heterocycles. The number of carbonyl (C=O) groups excluding carboxylic acids is 1. The number of guanidine groups is 1. The maximum Gasteiger partial charge on any atom is 0.217 e.